The quantitative estimate of drug-likeness (QED) is 0.567. The molecule has 0 aliphatic heterocycles. The molecule has 0 aliphatic rings. The number of carbonyl (C=O) groups excluding carboxylic acids is 1. The Morgan fingerprint density at radius 3 is 2.56 bits per heavy atom. The maximum atomic E-state index is 10.6. The van der Waals surface area contributed by atoms with Gasteiger partial charge in [-0.05, 0) is 12.7 Å². The average Bonchev–Trinajstić information content (AvgIpc) is 1.89. The molecule has 0 aliphatic carbocycles. The van der Waals surface area contributed by atoms with Gasteiger partial charge in [-0.15, -0.1) is 0 Å². The van der Waals surface area contributed by atoms with Crippen molar-refractivity contribution in [2.45, 2.75) is 32.6 Å². The fourth-order valence-corrected chi connectivity index (χ4v) is 0.970. The molecule has 0 heterocycles. The SMILES string of the molecule is CCCCCC(=O)SC. The van der Waals surface area contributed by atoms with Gasteiger partial charge in [-0.25, -0.2) is 0 Å². The van der Waals surface area contributed by atoms with Crippen molar-refractivity contribution >= 4 is 16.9 Å². The summed E-state index contributed by atoms with van der Waals surface area (Å²) in [5, 5.41) is 0.323. The van der Waals surface area contributed by atoms with Crippen molar-refractivity contribution in [3.05, 3.63) is 0 Å². The monoisotopic (exact) mass is 146 g/mol. The fraction of sp³-hybridized carbons (Fsp3) is 0.857. The molecule has 0 atom stereocenters. The summed E-state index contributed by atoms with van der Waals surface area (Å²) in [4.78, 5) is 10.6. The summed E-state index contributed by atoms with van der Waals surface area (Å²) in [6.07, 6.45) is 6.05. The first-order valence-corrected chi connectivity index (χ1v) is 4.60. The van der Waals surface area contributed by atoms with E-state index in [-0.39, 0.29) is 0 Å². The van der Waals surface area contributed by atoms with Crippen LogP contribution in [0.3, 0.4) is 0 Å². The molecule has 9 heavy (non-hydrogen) atoms. The highest BCUT2D eigenvalue weighted by Crippen LogP contribution is 2.05. The van der Waals surface area contributed by atoms with Gasteiger partial charge in [-0.1, -0.05) is 31.5 Å². The van der Waals surface area contributed by atoms with Crippen LogP contribution in [0.2, 0.25) is 0 Å². The predicted octanol–water partition coefficient (Wildman–Crippen LogP) is 2.46. The van der Waals surface area contributed by atoms with Gasteiger partial charge in [-0.3, -0.25) is 4.79 Å². The van der Waals surface area contributed by atoms with Crippen molar-refractivity contribution in [1.29, 1.82) is 0 Å². The molecule has 0 bridgehead atoms. The molecule has 0 N–H and O–H groups in total. The summed E-state index contributed by atoms with van der Waals surface area (Å²) in [5.74, 6) is 0. The Morgan fingerprint density at radius 1 is 1.44 bits per heavy atom. The van der Waals surface area contributed by atoms with Crippen LogP contribution in [0.1, 0.15) is 32.6 Å². The van der Waals surface area contributed by atoms with Crippen LogP contribution < -0.4 is 0 Å². The molecule has 0 saturated carbocycles. The van der Waals surface area contributed by atoms with Gasteiger partial charge in [0.05, 0.1) is 0 Å². The molecule has 0 amide bonds. The Labute approximate surface area is 61.2 Å². The standard InChI is InChI=1S/C7H14OS/c1-3-4-5-6-7(8)9-2/h3-6H2,1-2H3. The predicted molar refractivity (Wildman–Crippen MR) is 42.7 cm³/mol. The Balaban J connectivity index is 2.97. The molecule has 1 nitrogen and oxygen atoms in total. The summed E-state index contributed by atoms with van der Waals surface area (Å²) in [6.45, 7) is 2.14. The molecular weight excluding hydrogens is 132 g/mol. The first kappa shape index (κ1) is 9.02. The van der Waals surface area contributed by atoms with E-state index in [1.165, 1.54) is 24.6 Å². The topological polar surface area (TPSA) is 17.1 Å². The zero-order valence-corrected chi connectivity index (χ0v) is 6.96. The van der Waals surface area contributed by atoms with Gasteiger partial charge in [0.1, 0.15) is 0 Å². The van der Waals surface area contributed by atoms with E-state index in [2.05, 4.69) is 6.92 Å². The molecule has 0 rings (SSSR count). The third kappa shape index (κ3) is 5.90. The maximum absolute atomic E-state index is 10.6. The molecule has 0 spiro atoms. The van der Waals surface area contributed by atoms with Crippen LogP contribution in [0.4, 0.5) is 0 Å². The zero-order valence-electron chi connectivity index (χ0n) is 6.14. The van der Waals surface area contributed by atoms with E-state index in [9.17, 15) is 4.79 Å². The first-order chi connectivity index (χ1) is 4.31. The van der Waals surface area contributed by atoms with Crippen LogP contribution in [0.5, 0.6) is 0 Å². The lowest BCUT2D eigenvalue weighted by Crippen LogP contribution is -1.88. The molecule has 2 heteroatoms. The molecule has 0 saturated heterocycles. The van der Waals surface area contributed by atoms with Crippen LogP contribution in [-0.4, -0.2) is 11.4 Å². The van der Waals surface area contributed by atoms with E-state index < -0.39 is 0 Å². The number of thioether (sulfide) groups is 1. The van der Waals surface area contributed by atoms with Gasteiger partial charge in [0.15, 0.2) is 5.12 Å². The molecule has 0 radical (unpaired) electrons. The lowest BCUT2D eigenvalue weighted by molar-refractivity contribution is -0.111. The minimum atomic E-state index is 0.323. The van der Waals surface area contributed by atoms with Gasteiger partial charge in [-0.2, -0.15) is 0 Å². The molecule has 54 valence electrons. The summed E-state index contributed by atoms with van der Waals surface area (Å²) < 4.78 is 0. The van der Waals surface area contributed by atoms with Crippen molar-refractivity contribution in [2.75, 3.05) is 6.26 Å². The molecule has 0 fully saturated rings. The van der Waals surface area contributed by atoms with Crippen molar-refractivity contribution in [3.8, 4) is 0 Å². The van der Waals surface area contributed by atoms with Gasteiger partial charge >= 0.3 is 0 Å². The summed E-state index contributed by atoms with van der Waals surface area (Å²) in [5.41, 5.74) is 0. The van der Waals surface area contributed by atoms with Gasteiger partial charge in [0.25, 0.3) is 0 Å². The van der Waals surface area contributed by atoms with Crippen LogP contribution in [0.15, 0.2) is 0 Å². The van der Waals surface area contributed by atoms with Gasteiger partial charge in [0.2, 0.25) is 0 Å². The minimum absolute atomic E-state index is 0.323. The Hall–Kier alpha value is 0.0200. The lowest BCUT2D eigenvalue weighted by atomic mass is 10.2. The highest BCUT2D eigenvalue weighted by Gasteiger charge is 1.95. The summed E-state index contributed by atoms with van der Waals surface area (Å²) in [7, 11) is 0. The van der Waals surface area contributed by atoms with Crippen LogP contribution in [-0.2, 0) is 4.79 Å². The van der Waals surface area contributed by atoms with E-state index >= 15 is 0 Å². The molecule has 0 aromatic rings. The second-order valence-electron chi connectivity index (χ2n) is 2.03. The minimum Gasteiger partial charge on any atom is -0.287 e. The van der Waals surface area contributed by atoms with E-state index in [1.54, 1.807) is 0 Å². The van der Waals surface area contributed by atoms with Crippen LogP contribution >= 0.6 is 11.8 Å². The maximum Gasteiger partial charge on any atom is 0.188 e. The third-order valence-corrected chi connectivity index (χ3v) is 1.87. The molecule has 0 aromatic heterocycles. The smallest absolute Gasteiger partial charge is 0.188 e. The molecule has 0 unspecified atom stereocenters. The van der Waals surface area contributed by atoms with Gasteiger partial charge < -0.3 is 0 Å². The third-order valence-electron chi connectivity index (χ3n) is 1.21. The number of unbranched alkanes of at least 4 members (excludes halogenated alkanes) is 2. The largest absolute Gasteiger partial charge is 0.287 e. The Bertz CT molecular complexity index is 81.0. The second kappa shape index (κ2) is 6.14. The average molecular weight is 146 g/mol. The summed E-state index contributed by atoms with van der Waals surface area (Å²) >= 11 is 1.34. The lowest BCUT2D eigenvalue weighted by Gasteiger charge is -1.93. The van der Waals surface area contributed by atoms with E-state index in [0.717, 1.165) is 12.8 Å². The van der Waals surface area contributed by atoms with E-state index in [4.69, 9.17) is 0 Å². The number of hydrogen-bond donors (Lipinski definition) is 0. The van der Waals surface area contributed by atoms with Crippen molar-refractivity contribution in [2.24, 2.45) is 0 Å². The summed E-state index contributed by atoms with van der Waals surface area (Å²) in [6, 6.07) is 0. The van der Waals surface area contributed by atoms with Crippen molar-refractivity contribution in [1.82, 2.24) is 0 Å². The zero-order chi connectivity index (χ0) is 7.11. The molecule has 0 aromatic carbocycles. The number of hydrogen-bond acceptors (Lipinski definition) is 2. The number of rotatable bonds is 4. The Kier molecular flexibility index (Phi) is 6.16. The van der Waals surface area contributed by atoms with E-state index in [0.29, 0.717) is 5.12 Å². The first-order valence-electron chi connectivity index (χ1n) is 3.38. The highest BCUT2D eigenvalue weighted by atomic mass is 32.2. The highest BCUT2D eigenvalue weighted by molar-refractivity contribution is 8.13. The van der Waals surface area contributed by atoms with Crippen molar-refractivity contribution < 1.29 is 4.79 Å². The fourth-order valence-electron chi connectivity index (χ4n) is 0.621. The number of carbonyl (C=O) groups is 1. The van der Waals surface area contributed by atoms with E-state index in [1.807, 2.05) is 6.26 Å². The molecular formula is C7H14OS. The van der Waals surface area contributed by atoms with Crippen molar-refractivity contribution in [3.63, 3.8) is 0 Å². The normalized spacial score (nSPS) is 9.56. The second-order valence-corrected chi connectivity index (χ2v) is 2.90. The van der Waals surface area contributed by atoms with Crippen LogP contribution in [0, 0.1) is 0 Å². The van der Waals surface area contributed by atoms with Gasteiger partial charge in [0, 0.05) is 6.42 Å². The van der Waals surface area contributed by atoms with Crippen LogP contribution in [0.25, 0.3) is 0 Å². The Morgan fingerprint density at radius 2 is 2.11 bits per heavy atom.